The first-order valence-electron chi connectivity index (χ1n) is 10.5. The monoisotopic (exact) mass is 463 g/mol. The van der Waals surface area contributed by atoms with E-state index in [4.69, 9.17) is 32.7 Å². The Kier molecular flexibility index (Phi) is 7.23. The molecule has 8 heteroatoms. The van der Waals surface area contributed by atoms with E-state index >= 15 is 0 Å². The van der Waals surface area contributed by atoms with Crippen molar-refractivity contribution >= 4 is 34.8 Å². The molecule has 0 saturated carbocycles. The van der Waals surface area contributed by atoms with Gasteiger partial charge in [-0.15, -0.1) is 0 Å². The van der Waals surface area contributed by atoms with Gasteiger partial charge in [0.05, 0.1) is 35.6 Å². The topological polar surface area (TPSA) is 45.2 Å². The van der Waals surface area contributed by atoms with E-state index in [1.807, 2.05) is 23.1 Å². The summed E-state index contributed by atoms with van der Waals surface area (Å²) in [7, 11) is 1.71. The number of hydrogen-bond donors (Lipinski definition) is 0. The molecule has 0 radical (unpaired) electrons. The lowest BCUT2D eigenvalue weighted by molar-refractivity contribution is -0.0363. The Hall–Kier alpha value is -1.99. The van der Waals surface area contributed by atoms with Gasteiger partial charge < -0.3 is 19.3 Å². The summed E-state index contributed by atoms with van der Waals surface area (Å²) in [6.45, 7) is 6.25. The number of anilines is 1. The molecule has 2 aromatic rings. The molecule has 2 aliphatic rings. The molecule has 1 amide bonds. The molecule has 0 spiro atoms. The van der Waals surface area contributed by atoms with Crippen molar-refractivity contribution in [2.45, 2.75) is 6.10 Å². The van der Waals surface area contributed by atoms with Crippen molar-refractivity contribution in [2.75, 3.05) is 64.4 Å². The second-order valence-corrected chi connectivity index (χ2v) is 8.65. The highest BCUT2D eigenvalue weighted by atomic mass is 35.5. The highest BCUT2D eigenvalue weighted by Gasteiger charge is 2.28. The Morgan fingerprint density at radius 2 is 1.84 bits per heavy atom. The van der Waals surface area contributed by atoms with Crippen LogP contribution in [0.4, 0.5) is 5.69 Å². The second-order valence-electron chi connectivity index (χ2n) is 7.83. The lowest BCUT2D eigenvalue weighted by Gasteiger charge is -2.40. The van der Waals surface area contributed by atoms with Crippen LogP contribution in [-0.4, -0.2) is 81.3 Å². The highest BCUT2D eigenvalue weighted by molar-refractivity contribution is 6.42. The van der Waals surface area contributed by atoms with Crippen LogP contribution in [0, 0.1) is 0 Å². The van der Waals surface area contributed by atoms with Crippen LogP contribution in [0.5, 0.6) is 5.75 Å². The fraction of sp³-hybridized carbons (Fsp3) is 0.435. The minimum absolute atomic E-state index is 0.00159. The summed E-state index contributed by atoms with van der Waals surface area (Å²) in [6, 6.07) is 13.1. The minimum atomic E-state index is -0.0344. The molecular weight excluding hydrogens is 437 g/mol. The molecule has 2 fully saturated rings. The average Bonchev–Trinajstić information content (AvgIpc) is 2.81. The summed E-state index contributed by atoms with van der Waals surface area (Å²) in [5, 5.41) is 0.843. The van der Waals surface area contributed by atoms with Crippen molar-refractivity contribution in [3.05, 3.63) is 58.1 Å². The first-order chi connectivity index (χ1) is 15.0. The number of hydrogen-bond acceptors (Lipinski definition) is 5. The predicted octanol–water partition coefficient (Wildman–Crippen LogP) is 3.67. The first-order valence-corrected chi connectivity index (χ1v) is 11.3. The third-order valence-electron chi connectivity index (χ3n) is 5.85. The number of rotatable bonds is 5. The van der Waals surface area contributed by atoms with Crippen LogP contribution in [0.1, 0.15) is 10.4 Å². The van der Waals surface area contributed by atoms with Crippen LogP contribution >= 0.6 is 23.2 Å². The van der Waals surface area contributed by atoms with Gasteiger partial charge in [0.15, 0.2) is 0 Å². The molecule has 166 valence electrons. The summed E-state index contributed by atoms with van der Waals surface area (Å²) in [5.41, 5.74) is 1.69. The fourth-order valence-corrected chi connectivity index (χ4v) is 4.47. The number of para-hydroxylation sites is 2. The number of methoxy groups -OCH3 is 1. The number of morpholine rings is 1. The quantitative estimate of drug-likeness (QED) is 0.676. The first kappa shape index (κ1) is 22.2. The zero-order valence-corrected chi connectivity index (χ0v) is 19.1. The standard InChI is InChI=1S/C23H27Cl2N3O3/c1-30-22-5-3-2-4-21(22)27-10-8-26(9-11-27)15-18-16-28(12-13-31-18)23(29)17-6-7-19(24)20(25)14-17/h2-7,14,18H,8-13,15-16H2,1H3. The van der Waals surface area contributed by atoms with E-state index in [2.05, 4.69) is 15.9 Å². The van der Waals surface area contributed by atoms with E-state index < -0.39 is 0 Å². The maximum absolute atomic E-state index is 12.9. The van der Waals surface area contributed by atoms with Gasteiger partial charge in [-0.3, -0.25) is 9.69 Å². The van der Waals surface area contributed by atoms with E-state index in [1.165, 1.54) is 0 Å². The number of benzene rings is 2. The number of ether oxygens (including phenoxy) is 2. The van der Waals surface area contributed by atoms with Crippen molar-refractivity contribution < 1.29 is 14.3 Å². The van der Waals surface area contributed by atoms with Crippen LogP contribution in [0.25, 0.3) is 0 Å². The van der Waals surface area contributed by atoms with Crippen LogP contribution in [-0.2, 0) is 4.74 Å². The third kappa shape index (κ3) is 5.26. The SMILES string of the molecule is COc1ccccc1N1CCN(CC2CN(C(=O)c3ccc(Cl)c(Cl)c3)CCO2)CC1. The molecule has 2 heterocycles. The number of piperazine rings is 1. The van der Waals surface area contributed by atoms with Gasteiger partial charge in [0, 0.05) is 51.4 Å². The molecule has 31 heavy (non-hydrogen) atoms. The number of carbonyl (C=O) groups is 1. The number of halogens is 2. The van der Waals surface area contributed by atoms with E-state index in [1.54, 1.807) is 25.3 Å². The molecular formula is C23H27Cl2N3O3. The summed E-state index contributed by atoms with van der Waals surface area (Å²) in [6.07, 6.45) is -0.00159. The van der Waals surface area contributed by atoms with E-state index in [-0.39, 0.29) is 12.0 Å². The van der Waals surface area contributed by atoms with Gasteiger partial charge in [0.1, 0.15) is 5.75 Å². The molecule has 1 unspecified atom stereocenters. The Morgan fingerprint density at radius 3 is 2.58 bits per heavy atom. The molecule has 0 aliphatic carbocycles. The van der Waals surface area contributed by atoms with Crippen LogP contribution < -0.4 is 9.64 Å². The molecule has 2 aromatic carbocycles. The number of nitrogens with zero attached hydrogens (tertiary/aromatic N) is 3. The second kappa shape index (κ2) is 10.1. The van der Waals surface area contributed by atoms with Gasteiger partial charge in [-0.1, -0.05) is 35.3 Å². The lowest BCUT2D eigenvalue weighted by atomic mass is 10.1. The Balaban J connectivity index is 1.31. The molecule has 0 N–H and O–H groups in total. The van der Waals surface area contributed by atoms with Crippen molar-refractivity contribution in [3.8, 4) is 5.75 Å². The van der Waals surface area contributed by atoms with E-state index in [0.717, 1.165) is 44.2 Å². The van der Waals surface area contributed by atoms with Gasteiger partial charge in [-0.2, -0.15) is 0 Å². The van der Waals surface area contributed by atoms with Crippen LogP contribution in [0.2, 0.25) is 10.0 Å². The molecule has 2 aliphatic heterocycles. The molecule has 0 aromatic heterocycles. The highest BCUT2D eigenvalue weighted by Crippen LogP contribution is 2.28. The van der Waals surface area contributed by atoms with Crippen LogP contribution in [0.3, 0.4) is 0 Å². The van der Waals surface area contributed by atoms with Gasteiger partial charge in [0.2, 0.25) is 0 Å². The molecule has 2 saturated heterocycles. The van der Waals surface area contributed by atoms with Crippen LogP contribution in [0.15, 0.2) is 42.5 Å². The summed E-state index contributed by atoms with van der Waals surface area (Å²) in [4.78, 5) is 19.5. The van der Waals surface area contributed by atoms with Gasteiger partial charge in [-0.25, -0.2) is 0 Å². The molecule has 6 nitrogen and oxygen atoms in total. The normalized spacial score (nSPS) is 20.0. The van der Waals surface area contributed by atoms with E-state index in [0.29, 0.717) is 35.3 Å². The van der Waals surface area contributed by atoms with Gasteiger partial charge in [0.25, 0.3) is 5.91 Å². The average molecular weight is 464 g/mol. The predicted molar refractivity (Wildman–Crippen MR) is 124 cm³/mol. The zero-order chi connectivity index (χ0) is 21.8. The maximum atomic E-state index is 12.9. The Labute approximate surface area is 193 Å². The molecule has 1 atom stereocenters. The van der Waals surface area contributed by atoms with E-state index in [9.17, 15) is 4.79 Å². The minimum Gasteiger partial charge on any atom is -0.495 e. The Bertz CT molecular complexity index is 919. The largest absolute Gasteiger partial charge is 0.495 e. The summed E-state index contributed by atoms with van der Waals surface area (Å²) >= 11 is 12.1. The van der Waals surface area contributed by atoms with Gasteiger partial charge >= 0.3 is 0 Å². The smallest absolute Gasteiger partial charge is 0.254 e. The Morgan fingerprint density at radius 1 is 1.06 bits per heavy atom. The van der Waals surface area contributed by atoms with Crippen molar-refractivity contribution in [1.82, 2.24) is 9.80 Å². The summed E-state index contributed by atoms with van der Waals surface area (Å²) < 4.78 is 11.5. The molecule has 0 bridgehead atoms. The lowest BCUT2D eigenvalue weighted by Crippen LogP contribution is -2.53. The van der Waals surface area contributed by atoms with Crippen molar-refractivity contribution in [3.63, 3.8) is 0 Å². The fourth-order valence-electron chi connectivity index (χ4n) is 4.18. The van der Waals surface area contributed by atoms with Crippen molar-refractivity contribution in [2.24, 2.45) is 0 Å². The van der Waals surface area contributed by atoms with Gasteiger partial charge in [-0.05, 0) is 30.3 Å². The summed E-state index contributed by atoms with van der Waals surface area (Å²) in [5.74, 6) is 0.871. The molecule has 4 rings (SSSR count). The third-order valence-corrected chi connectivity index (χ3v) is 6.59. The zero-order valence-electron chi connectivity index (χ0n) is 17.6. The van der Waals surface area contributed by atoms with Crippen molar-refractivity contribution in [1.29, 1.82) is 0 Å². The maximum Gasteiger partial charge on any atom is 0.254 e. The number of amides is 1. The number of carbonyl (C=O) groups excluding carboxylic acids is 1.